The first-order valence-corrected chi connectivity index (χ1v) is 7.79. The van der Waals surface area contributed by atoms with Crippen molar-refractivity contribution < 1.29 is 5.11 Å². The average Bonchev–Trinajstić information content (AvgIpc) is 2.91. The Balaban J connectivity index is 1.90. The van der Waals surface area contributed by atoms with Crippen molar-refractivity contribution in [3.05, 3.63) is 68.8 Å². The van der Waals surface area contributed by atoms with E-state index in [1.54, 1.807) is 11.3 Å². The van der Waals surface area contributed by atoms with Crippen LogP contribution in [0, 0.1) is 0 Å². The summed E-state index contributed by atoms with van der Waals surface area (Å²) >= 11 is 5.16. The normalized spacial score (nSPS) is 12.7. The summed E-state index contributed by atoms with van der Waals surface area (Å²) in [6, 6.07) is 16.4. The first-order valence-electron chi connectivity index (χ1n) is 6.12. The lowest BCUT2D eigenvalue weighted by molar-refractivity contribution is 0.179. The highest BCUT2D eigenvalue weighted by Crippen LogP contribution is 2.26. The molecule has 0 saturated heterocycles. The third-order valence-electron chi connectivity index (χ3n) is 3.19. The van der Waals surface area contributed by atoms with Gasteiger partial charge in [-0.2, -0.15) is 0 Å². The van der Waals surface area contributed by atoms with E-state index in [1.807, 2.05) is 23.6 Å². The molecule has 1 N–H and O–H groups in total. The molecule has 0 aliphatic rings. The molecule has 1 nitrogen and oxygen atoms in total. The Morgan fingerprint density at radius 3 is 2.63 bits per heavy atom. The molecular formula is C16H13BrOS. The molecule has 19 heavy (non-hydrogen) atoms. The van der Waals surface area contributed by atoms with Gasteiger partial charge in [0, 0.05) is 15.8 Å². The van der Waals surface area contributed by atoms with E-state index in [1.165, 1.54) is 10.3 Å². The SMILES string of the molecule is OC(Cc1cccs1)c1ccc2cc(Br)ccc2c1. The number of aliphatic hydroxyl groups is 1. The summed E-state index contributed by atoms with van der Waals surface area (Å²) in [5.41, 5.74) is 0.975. The van der Waals surface area contributed by atoms with Gasteiger partial charge in [0.1, 0.15) is 0 Å². The molecule has 0 spiro atoms. The minimum atomic E-state index is -0.438. The topological polar surface area (TPSA) is 20.2 Å². The summed E-state index contributed by atoms with van der Waals surface area (Å²) in [5, 5.41) is 14.7. The molecule has 3 heteroatoms. The number of benzene rings is 2. The van der Waals surface area contributed by atoms with Gasteiger partial charge in [-0.05, 0) is 46.0 Å². The number of hydrogen-bond acceptors (Lipinski definition) is 2. The highest BCUT2D eigenvalue weighted by atomic mass is 79.9. The van der Waals surface area contributed by atoms with Crippen LogP contribution in [0.15, 0.2) is 58.4 Å². The molecule has 0 aliphatic heterocycles. The Labute approximate surface area is 124 Å². The molecule has 96 valence electrons. The molecule has 3 aromatic rings. The van der Waals surface area contributed by atoms with E-state index >= 15 is 0 Å². The molecule has 3 rings (SSSR count). The fraction of sp³-hybridized carbons (Fsp3) is 0.125. The maximum Gasteiger partial charge on any atom is 0.0838 e. The maximum absolute atomic E-state index is 10.3. The van der Waals surface area contributed by atoms with Crippen LogP contribution in [-0.2, 0) is 6.42 Å². The molecule has 0 saturated carbocycles. The van der Waals surface area contributed by atoms with E-state index in [0.29, 0.717) is 6.42 Å². The predicted molar refractivity (Wildman–Crippen MR) is 84.6 cm³/mol. The van der Waals surface area contributed by atoms with Gasteiger partial charge in [0.15, 0.2) is 0 Å². The lowest BCUT2D eigenvalue weighted by Gasteiger charge is -2.11. The summed E-state index contributed by atoms with van der Waals surface area (Å²) in [5.74, 6) is 0. The standard InChI is InChI=1S/C16H13BrOS/c17-14-6-5-11-8-13(4-3-12(11)9-14)16(18)10-15-2-1-7-19-15/h1-9,16,18H,10H2. The number of thiophene rings is 1. The maximum atomic E-state index is 10.3. The lowest BCUT2D eigenvalue weighted by atomic mass is 10.0. The number of hydrogen-bond donors (Lipinski definition) is 1. The van der Waals surface area contributed by atoms with Crippen LogP contribution in [0.5, 0.6) is 0 Å². The minimum Gasteiger partial charge on any atom is -0.388 e. The molecule has 1 atom stereocenters. The zero-order valence-electron chi connectivity index (χ0n) is 10.2. The summed E-state index contributed by atoms with van der Waals surface area (Å²) < 4.78 is 1.08. The van der Waals surface area contributed by atoms with Gasteiger partial charge in [-0.15, -0.1) is 11.3 Å². The van der Waals surface area contributed by atoms with Crippen molar-refractivity contribution in [2.75, 3.05) is 0 Å². The molecule has 2 aromatic carbocycles. The fourth-order valence-electron chi connectivity index (χ4n) is 2.18. The average molecular weight is 333 g/mol. The molecule has 1 aromatic heterocycles. The van der Waals surface area contributed by atoms with Crippen LogP contribution in [0.1, 0.15) is 16.5 Å². The molecule has 0 amide bonds. The second kappa shape index (κ2) is 5.45. The third kappa shape index (κ3) is 2.89. The number of rotatable bonds is 3. The van der Waals surface area contributed by atoms with Crippen LogP contribution < -0.4 is 0 Å². The van der Waals surface area contributed by atoms with Crippen molar-refractivity contribution in [2.24, 2.45) is 0 Å². The molecule has 1 heterocycles. The van der Waals surface area contributed by atoms with E-state index < -0.39 is 6.10 Å². The summed E-state index contributed by atoms with van der Waals surface area (Å²) in [6.45, 7) is 0. The Hall–Kier alpha value is -1.16. The van der Waals surface area contributed by atoms with Crippen LogP contribution in [0.2, 0.25) is 0 Å². The first kappa shape index (κ1) is 12.9. The lowest BCUT2D eigenvalue weighted by Crippen LogP contribution is -2.00. The second-order valence-corrected chi connectivity index (χ2v) is 6.50. The minimum absolute atomic E-state index is 0.438. The molecule has 1 unspecified atom stereocenters. The van der Waals surface area contributed by atoms with Crippen LogP contribution >= 0.6 is 27.3 Å². The summed E-state index contributed by atoms with van der Waals surface area (Å²) in [4.78, 5) is 1.21. The molecule has 0 aliphatic carbocycles. The summed E-state index contributed by atoms with van der Waals surface area (Å²) in [6.07, 6.45) is 0.242. The Kier molecular flexibility index (Phi) is 3.69. The van der Waals surface area contributed by atoms with Crippen LogP contribution in [0.4, 0.5) is 0 Å². The third-order valence-corrected chi connectivity index (χ3v) is 4.58. The van der Waals surface area contributed by atoms with E-state index in [-0.39, 0.29) is 0 Å². The smallest absolute Gasteiger partial charge is 0.0838 e. The van der Waals surface area contributed by atoms with E-state index in [2.05, 4.69) is 46.3 Å². The molecule has 0 radical (unpaired) electrons. The quantitative estimate of drug-likeness (QED) is 0.720. The van der Waals surface area contributed by atoms with E-state index in [9.17, 15) is 5.11 Å². The number of aliphatic hydroxyl groups excluding tert-OH is 1. The van der Waals surface area contributed by atoms with Crippen molar-refractivity contribution in [3.63, 3.8) is 0 Å². The monoisotopic (exact) mass is 332 g/mol. The second-order valence-electron chi connectivity index (χ2n) is 4.55. The Morgan fingerprint density at radius 2 is 1.84 bits per heavy atom. The largest absolute Gasteiger partial charge is 0.388 e. The van der Waals surface area contributed by atoms with E-state index in [0.717, 1.165) is 15.4 Å². The van der Waals surface area contributed by atoms with Crippen LogP contribution in [0.25, 0.3) is 10.8 Å². The summed E-state index contributed by atoms with van der Waals surface area (Å²) in [7, 11) is 0. The van der Waals surface area contributed by atoms with Gasteiger partial charge in [0.05, 0.1) is 6.10 Å². The zero-order chi connectivity index (χ0) is 13.2. The highest BCUT2D eigenvalue weighted by Gasteiger charge is 2.10. The molecule has 0 bridgehead atoms. The van der Waals surface area contributed by atoms with Gasteiger partial charge < -0.3 is 5.11 Å². The predicted octanol–water partition coefficient (Wildman–Crippen LogP) is 4.94. The van der Waals surface area contributed by atoms with Crippen molar-refractivity contribution in [3.8, 4) is 0 Å². The number of halogens is 1. The van der Waals surface area contributed by atoms with Gasteiger partial charge in [0.2, 0.25) is 0 Å². The Bertz CT molecular complexity index is 691. The number of fused-ring (bicyclic) bond motifs is 1. The fourth-order valence-corrected chi connectivity index (χ4v) is 3.30. The van der Waals surface area contributed by atoms with Gasteiger partial charge in [-0.1, -0.05) is 40.2 Å². The first-order chi connectivity index (χ1) is 9.22. The Morgan fingerprint density at radius 1 is 1.05 bits per heavy atom. The van der Waals surface area contributed by atoms with E-state index in [4.69, 9.17) is 0 Å². The van der Waals surface area contributed by atoms with Crippen molar-refractivity contribution in [1.82, 2.24) is 0 Å². The van der Waals surface area contributed by atoms with Gasteiger partial charge >= 0.3 is 0 Å². The van der Waals surface area contributed by atoms with Crippen molar-refractivity contribution in [2.45, 2.75) is 12.5 Å². The molecular weight excluding hydrogens is 320 g/mol. The zero-order valence-corrected chi connectivity index (χ0v) is 12.6. The van der Waals surface area contributed by atoms with Gasteiger partial charge in [-0.3, -0.25) is 0 Å². The van der Waals surface area contributed by atoms with Gasteiger partial charge in [0.25, 0.3) is 0 Å². The van der Waals surface area contributed by atoms with Gasteiger partial charge in [-0.25, -0.2) is 0 Å². The van der Waals surface area contributed by atoms with Crippen molar-refractivity contribution >= 4 is 38.0 Å². The van der Waals surface area contributed by atoms with Crippen LogP contribution in [-0.4, -0.2) is 5.11 Å². The molecule has 0 fully saturated rings. The van der Waals surface area contributed by atoms with Crippen molar-refractivity contribution in [1.29, 1.82) is 0 Å². The van der Waals surface area contributed by atoms with Crippen LogP contribution in [0.3, 0.4) is 0 Å². The highest BCUT2D eigenvalue weighted by molar-refractivity contribution is 9.10.